The molecule has 0 saturated heterocycles. The highest BCUT2D eigenvalue weighted by Crippen LogP contribution is 2.18. The molecule has 0 atom stereocenters. The largest absolute Gasteiger partial charge is 0.472 e. The van der Waals surface area contributed by atoms with Crippen molar-refractivity contribution in [3.05, 3.63) is 46.7 Å². The molecule has 5 heteroatoms. The van der Waals surface area contributed by atoms with Gasteiger partial charge in [0.1, 0.15) is 12.4 Å². The third-order valence-electron chi connectivity index (χ3n) is 2.20. The summed E-state index contributed by atoms with van der Waals surface area (Å²) in [4.78, 5) is 8.25. The number of anilines is 1. The first kappa shape index (κ1) is 11.9. The van der Waals surface area contributed by atoms with Crippen LogP contribution < -0.4 is 10.1 Å². The molecule has 0 bridgehead atoms. The van der Waals surface area contributed by atoms with Crippen molar-refractivity contribution in [2.75, 3.05) is 12.4 Å². The number of benzene rings is 1. The average Bonchev–Trinajstić information content (AvgIpc) is 2.38. The Bertz CT molecular complexity index is 505. The summed E-state index contributed by atoms with van der Waals surface area (Å²) in [6.07, 6.45) is 3.24. The van der Waals surface area contributed by atoms with Gasteiger partial charge in [-0.15, -0.1) is 0 Å². The molecular weight excluding hydrogens is 282 g/mol. The van der Waals surface area contributed by atoms with Crippen molar-refractivity contribution in [1.29, 1.82) is 0 Å². The van der Waals surface area contributed by atoms with Crippen LogP contribution in [0.4, 0.5) is 5.82 Å². The van der Waals surface area contributed by atoms with E-state index < -0.39 is 0 Å². The molecule has 0 radical (unpaired) electrons. The molecule has 2 rings (SSSR count). The van der Waals surface area contributed by atoms with Crippen molar-refractivity contribution < 1.29 is 4.74 Å². The maximum atomic E-state index is 5.57. The van der Waals surface area contributed by atoms with Gasteiger partial charge >= 0.3 is 0 Å². The highest BCUT2D eigenvalue weighted by molar-refractivity contribution is 9.10. The first-order valence-electron chi connectivity index (χ1n) is 5.15. The molecule has 0 spiro atoms. The lowest BCUT2D eigenvalue weighted by Gasteiger charge is -2.07. The van der Waals surface area contributed by atoms with E-state index in [0.29, 0.717) is 18.3 Å². The van der Waals surface area contributed by atoms with Gasteiger partial charge in [-0.25, -0.2) is 0 Å². The van der Waals surface area contributed by atoms with Crippen LogP contribution in [0.25, 0.3) is 0 Å². The Labute approximate surface area is 108 Å². The predicted molar refractivity (Wildman–Crippen MR) is 70.1 cm³/mol. The fraction of sp³-hybridized carbons (Fsp3) is 0.167. The zero-order chi connectivity index (χ0) is 12.1. The zero-order valence-corrected chi connectivity index (χ0v) is 10.9. The van der Waals surface area contributed by atoms with Crippen LogP contribution >= 0.6 is 15.9 Å². The summed E-state index contributed by atoms with van der Waals surface area (Å²) in [7, 11) is 1.79. The van der Waals surface area contributed by atoms with Gasteiger partial charge in [0.15, 0.2) is 0 Å². The van der Waals surface area contributed by atoms with Crippen LogP contribution in [0.3, 0.4) is 0 Å². The minimum Gasteiger partial charge on any atom is -0.472 e. The van der Waals surface area contributed by atoms with Gasteiger partial charge < -0.3 is 10.1 Å². The highest BCUT2D eigenvalue weighted by Gasteiger charge is 2.02. The Hall–Kier alpha value is -1.62. The second-order valence-corrected chi connectivity index (χ2v) is 4.23. The van der Waals surface area contributed by atoms with E-state index in [1.165, 1.54) is 0 Å². The Morgan fingerprint density at radius 3 is 2.88 bits per heavy atom. The molecule has 1 aromatic carbocycles. The predicted octanol–water partition coefficient (Wildman–Crippen LogP) is 2.86. The van der Waals surface area contributed by atoms with E-state index in [2.05, 4.69) is 31.2 Å². The lowest BCUT2D eigenvalue weighted by atomic mass is 10.2. The molecule has 0 saturated carbocycles. The summed E-state index contributed by atoms with van der Waals surface area (Å²) >= 11 is 3.47. The van der Waals surface area contributed by atoms with Crippen molar-refractivity contribution >= 4 is 21.7 Å². The van der Waals surface area contributed by atoms with Crippen LogP contribution in [0, 0.1) is 0 Å². The third kappa shape index (κ3) is 3.17. The zero-order valence-electron chi connectivity index (χ0n) is 9.35. The molecule has 0 amide bonds. The summed E-state index contributed by atoms with van der Waals surface area (Å²) in [6, 6.07) is 7.92. The summed E-state index contributed by atoms with van der Waals surface area (Å²) in [5, 5.41) is 2.91. The minimum absolute atomic E-state index is 0.462. The van der Waals surface area contributed by atoms with Crippen molar-refractivity contribution in [2.24, 2.45) is 0 Å². The number of hydrogen-bond donors (Lipinski definition) is 1. The van der Waals surface area contributed by atoms with Crippen LogP contribution in [0.2, 0.25) is 0 Å². The molecule has 0 aliphatic rings. The minimum atomic E-state index is 0.462. The van der Waals surface area contributed by atoms with Gasteiger partial charge in [-0.3, -0.25) is 4.98 Å². The van der Waals surface area contributed by atoms with Crippen molar-refractivity contribution in [3.63, 3.8) is 0 Å². The first-order chi connectivity index (χ1) is 8.29. The van der Waals surface area contributed by atoms with Crippen LogP contribution in [0.5, 0.6) is 5.88 Å². The SMILES string of the molecule is CNc1cncc(OCc2ccccc2Br)n1. The molecule has 0 aliphatic heterocycles. The quantitative estimate of drug-likeness (QED) is 0.942. The van der Waals surface area contributed by atoms with Gasteiger partial charge in [0.2, 0.25) is 5.88 Å². The summed E-state index contributed by atoms with van der Waals surface area (Å²) in [6.45, 7) is 0.462. The molecular formula is C12H12BrN3O. The van der Waals surface area contributed by atoms with Crippen LogP contribution in [0.15, 0.2) is 41.1 Å². The maximum absolute atomic E-state index is 5.57. The molecule has 1 heterocycles. The van der Waals surface area contributed by atoms with Gasteiger partial charge in [-0.05, 0) is 6.07 Å². The van der Waals surface area contributed by atoms with E-state index in [0.717, 1.165) is 10.0 Å². The number of nitrogens with zero attached hydrogens (tertiary/aromatic N) is 2. The Balaban J connectivity index is 2.05. The van der Waals surface area contributed by atoms with Gasteiger partial charge in [-0.1, -0.05) is 34.1 Å². The molecule has 4 nitrogen and oxygen atoms in total. The topological polar surface area (TPSA) is 47.0 Å². The number of rotatable bonds is 4. The van der Waals surface area contributed by atoms with Crippen molar-refractivity contribution in [3.8, 4) is 5.88 Å². The van der Waals surface area contributed by atoms with Crippen LogP contribution in [-0.2, 0) is 6.61 Å². The van der Waals surface area contributed by atoms with Gasteiger partial charge in [0, 0.05) is 17.1 Å². The van der Waals surface area contributed by atoms with E-state index in [-0.39, 0.29) is 0 Å². The number of halogens is 1. The number of nitrogens with one attached hydrogen (secondary N) is 1. The summed E-state index contributed by atoms with van der Waals surface area (Å²) in [5.74, 6) is 1.20. The smallest absolute Gasteiger partial charge is 0.234 e. The fourth-order valence-electron chi connectivity index (χ4n) is 1.31. The van der Waals surface area contributed by atoms with Gasteiger partial charge in [0.25, 0.3) is 0 Å². The fourth-order valence-corrected chi connectivity index (χ4v) is 1.70. The summed E-state index contributed by atoms with van der Waals surface area (Å²) in [5.41, 5.74) is 1.07. The second kappa shape index (κ2) is 5.63. The van der Waals surface area contributed by atoms with Gasteiger partial charge in [0.05, 0.1) is 12.4 Å². The average molecular weight is 294 g/mol. The monoisotopic (exact) mass is 293 g/mol. The van der Waals surface area contributed by atoms with Crippen molar-refractivity contribution in [2.45, 2.75) is 6.61 Å². The van der Waals surface area contributed by atoms with Crippen LogP contribution in [-0.4, -0.2) is 17.0 Å². The highest BCUT2D eigenvalue weighted by atomic mass is 79.9. The Morgan fingerprint density at radius 1 is 1.29 bits per heavy atom. The Kier molecular flexibility index (Phi) is 3.93. The van der Waals surface area contributed by atoms with Crippen LogP contribution in [0.1, 0.15) is 5.56 Å². The second-order valence-electron chi connectivity index (χ2n) is 3.37. The molecule has 88 valence electrons. The number of ether oxygens (including phenoxy) is 1. The molecule has 0 fully saturated rings. The Morgan fingerprint density at radius 2 is 2.12 bits per heavy atom. The lowest BCUT2D eigenvalue weighted by Crippen LogP contribution is -2.00. The lowest BCUT2D eigenvalue weighted by molar-refractivity contribution is 0.292. The maximum Gasteiger partial charge on any atom is 0.234 e. The van der Waals surface area contributed by atoms with E-state index in [9.17, 15) is 0 Å². The molecule has 2 aromatic rings. The third-order valence-corrected chi connectivity index (χ3v) is 2.98. The number of hydrogen-bond acceptors (Lipinski definition) is 4. The van der Waals surface area contributed by atoms with E-state index in [4.69, 9.17) is 4.74 Å². The standard InChI is InChI=1S/C12H12BrN3O/c1-14-11-6-15-7-12(16-11)17-8-9-4-2-3-5-10(9)13/h2-7H,8H2,1H3,(H,14,16). The van der Waals surface area contributed by atoms with Crippen molar-refractivity contribution in [1.82, 2.24) is 9.97 Å². The molecule has 17 heavy (non-hydrogen) atoms. The van der Waals surface area contributed by atoms with E-state index >= 15 is 0 Å². The first-order valence-corrected chi connectivity index (χ1v) is 5.95. The number of aromatic nitrogens is 2. The van der Waals surface area contributed by atoms with Gasteiger partial charge in [-0.2, -0.15) is 4.98 Å². The molecule has 0 unspecified atom stereocenters. The molecule has 1 N–H and O–H groups in total. The van der Waals surface area contributed by atoms with E-state index in [1.54, 1.807) is 19.4 Å². The summed E-state index contributed by atoms with van der Waals surface area (Å²) < 4.78 is 6.60. The normalized spacial score (nSPS) is 10.0. The molecule has 1 aromatic heterocycles. The molecule has 0 aliphatic carbocycles. The van der Waals surface area contributed by atoms with E-state index in [1.807, 2.05) is 24.3 Å².